The minimum Gasteiger partial charge on any atom is -0.383 e. The Kier molecular flexibility index (Phi) is 7.37. The van der Waals surface area contributed by atoms with E-state index >= 15 is 0 Å². The van der Waals surface area contributed by atoms with Crippen LogP contribution in [0.25, 0.3) is 0 Å². The Balaban J connectivity index is 2.65. The summed E-state index contributed by atoms with van der Waals surface area (Å²) in [4.78, 5) is 12.7. The highest BCUT2D eigenvalue weighted by molar-refractivity contribution is 9.09. The van der Waals surface area contributed by atoms with Crippen LogP contribution in [0, 0.1) is 11.3 Å². The van der Waals surface area contributed by atoms with Gasteiger partial charge in [0, 0.05) is 17.9 Å². The highest BCUT2D eigenvalue weighted by Gasteiger charge is 2.41. The molecule has 3 nitrogen and oxygen atoms in total. The van der Waals surface area contributed by atoms with E-state index in [1.54, 1.807) is 7.11 Å². The van der Waals surface area contributed by atoms with Crippen LogP contribution in [0.5, 0.6) is 0 Å². The number of carbonyl (C=O) groups is 1. The Labute approximate surface area is 126 Å². The van der Waals surface area contributed by atoms with Crippen molar-refractivity contribution in [3.05, 3.63) is 0 Å². The maximum absolute atomic E-state index is 12.7. The molecule has 0 aromatic heterocycles. The van der Waals surface area contributed by atoms with E-state index in [1.165, 1.54) is 12.8 Å². The summed E-state index contributed by atoms with van der Waals surface area (Å²) in [6.45, 7) is 5.01. The van der Waals surface area contributed by atoms with Crippen LogP contribution in [0.1, 0.15) is 52.4 Å². The predicted molar refractivity (Wildman–Crippen MR) is 82.6 cm³/mol. The second-order valence-electron chi connectivity index (χ2n) is 6.19. The van der Waals surface area contributed by atoms with Gasteiger partial charge in [-0.05, 0) is 31.6 Å². The molecule has 112 valence electrons. The summed E-state index contributed by atoms with van der Waals surface area (Å²) in [5.41, 5.74) is -0.119. The molecule has 1 amide bonds. The van der Waals surface area contributed by atoms with Crippen LogP contribution in [0.15, 0.2) is 0 Å². The number of amides is 1. The lowest BCUT2D eigenvalue weighted by Crippen LogP contribution is -2.46. The van der Waals surface area contributed by atoms with E-state index < -0.39 is 0 Å². The van der Waals surface area contributed by atoms with Gasteiger partial charge >= 0.3 is 0 Å². The van der Waals surface area contributed by atoms with Crippen LogP contribution in [-0.4, -0.2) is 31.0 Å². The van der Waals surface area contributed by atoms with Gasteiger partial charge in [-0.15, -0.1) is 0 Å². The van der Waals surface area contributed by atoms with Gasteiger partial charge in [0.05, 0.1) is 12.6 Å². The fourth-order valence-corrected chi connectivity index (χ4v) is 3.78. The topological polar surface area (TPSA) is 38.3 Å². The number of nitrogens with one attached hydrogen (secondary N) is 1. The fourth-order valence-electron chi connectivity index (χ4n) is 3.23. The lowest BCUT2D eigenvalue weighted by Gasteiger charge is -2.31. The van der Waals surface area contributed by atoms with E-state index in [1.807, 2.05) is 0 Å². The third kappa shape index (κ3) is 5.07. The van der Waals surface area contributed by atoms with Gasteiger partial charge in [0.1, 0.15) is 0 Å². The van der Waals surface area contributed by atoms with Gasteiger partial charge in [-0.3, -0.25) is 4.79 Å². The summed E-state index contributed by atoms with van der Waals surface area (Å²) in [5, 5.41) is 4.10. The average molecular weight is 334 g/mol. The summed E-state index contributed by atoms with van der Waals surface area (Å²) in [6.07, 6.45) is 6.39. The van der Waals surface area contributed by atoms with Gasteiger partial charge in [0.25, 0.3) is 0 Å². The van der Waals surface area contributed by atoms with Gasteiger partial charge in [0.2, 0.25) is 5.91 Å². The Morgan fingerprint density at radius 2 is 2.00 bits per heavy atom. The molecule has 1 saturated carbocycles. The summed E-state index contributed by atoms with van der Waals surface area (Å²) in [5.74, 6) is 0.822. The number of alkyl halides is 1. The van der Waals surface area contributed by atoms with E-state index in [0.29, 0.717) is 12.5 Å². The molecule has 1 atom stereocenters. The summed E-state index contributed by atoms with van der Waals surface area (Å²) < 4.78 is 5.20. The number of ether oxygens (including phenoxy) is 1. The van der Waals surface area contributed by atoms with Crippen LogP contribution >= 0.6 is 15.9 Å². The molecule has 4 heteroatoms. The molecule has 1 rings (SSSR count). The van der Waals surface area contributed by atoms with E-state index in [9.17, 15) is 4.79 Å². The largest absolute Gasteiger partial charge is 0.383 e. The van der Waals surface area contributed by atoms with Crippen LogP contribution in [-0.2, 0) is 9.53 Å². The van der Waals surface area contributed by atoms with Gasteiger partial charge in [0.15, 0.2) is 0 Å². The first-order valence-corrected chi connectivity index (χ1v) is 8.52. The Bertz CT molecular complexity index is 269. The number of hydrogen-bond donors (Lipinski definition) is 1. The minimum absolute atomic E-state index is 0.119. The first-order chi connectivity index (χ1) is 9.04. The van der Waals surface area contributed by atoms with Crippen molar-refractivity contribution in [1.29, 1.82) is 0 Å². The number of rotatable bonds is 8. The van der Waals surface area contributed by atoms with Crippen molar-refractivity contribution in [3.8, 4) is 0 Å². The smallest absolute Gasteiger partial charge is 0.226 e. The summed E-state index contributed by atoms with van der Waals surface area (Å²) in [6, 6.07) is 0.126. The molecule has 0 aliphatic heterocycles. The standard InChI is InChI=1S/C15H28BrNO2/c1-12(2)10-15(7-4-5-8-15)14(18)17-13(6-9-16)11-19-3/h12-13H,4-11H2,1-3H3,(H,17,18). The fraction of sp³-hybridized carbons (Fsp3) is 0.933. The third-order valence-electron chi connectivity index (χ3n) is 4.00. The molecule has 0 radical (unpaired) electrons. The van der Waals surface area contributed by atoms with Gasteiger partial charge in [-0.1, -0.05) is 42.6 Å². The quantitative estimate of drug-likeness (QED) is 0.690. The molecular formula is C15H28BrNO2. The molecule has 1 aliphatic carbocycles. The Morgan fingerprint density at radius 3 is 2.47 bits per heavy atom. The number of methoxy groups -OCH3 is 1. The van der Waals surface area contributed by atoms with Gasteiger partial charge in [-0.25, -0.2) is 0 Å². The number of halogens is 1. The molecule has 19 heavy (non-hydrogen) atoms. The van der Waals surface area contributed by atoms with Crippen LogP contribution in [0.4, 0.5) is 0 Å². The van der Waals surface area contributed by atoms with Crippen LogP contribution in [0.2, 0.25) is 0 Å². The monoisotopic (exact) mass is 333 g/mol. The SMILES string of the molecule is COCC(CCBr)NC(=O)C1(CC(C)C)CCCC1. The van der Waals surface area contributed by atoms with Crippen molar-refractivity contribution in [2.45, 2.75) is 58.4 Å². The van der Waals surface area contributed by atoms with Crippen LogP contribution < -0.4 is 5.32 Å². The van der Waals surface area contributed by atoms with Crippen molar-refractivity contribution in [2.75, 3.05) is 19.0 Å². The molecule has 0 aromatic rings. The molecule has 1 fully saturated rings. The molecule has 0 spiro atoms. The zero-order valence-corrected chi connectivity index (χ0v) is 14.1. The second kappa shape index (κ2) is 8.25. The van der Waals surface area contributed by atoms with E-state index in [0.717, 1.165) is 31.0 Å². The molecule has 0 aromatic carbocycles. The van der Waals surface area contributed by atoms with Crippen molar-refractivity contribution < 1.29 is 9.53 Å². The van der Waals surface area contributed by atoms with Gasteiger partial charge in [-0.2, -0.15) is 0 Å². The highest BCUT2D eigenvalue weighted by Crippen LogP contribution is 2.43. The lowest BCUT2D eigenvalue weighted by atomic mass is 9.77. The van der Waals surface area contributed by atoms with Crippen LogP contribution in [0.3, 0.4) is 0 Å². The highest BCUT2D eigenvalue weighted by atomic mass is 79.9. The minimum atomic E-state index is -0.119. The Morgan fingerprint density at radius 1 is 1.37 bits per heavy atom. The van der Waals surface area contributed by atoms with Crippen molar-refractivity contribution in [2.24, 2.45) is 11.3 Å². The summed E-state index contributed by atoms with van der Waals surface area (Å²) in [7, 11) is 1.69. The predicted octanol–water partition coefficient (Wildman–Crippen LogP) is 3.51. The lowest BCUT2D eigenvalue weighted by molar-refractivity contribution is -0.133. The normalized spacial score (nSPS) is 19.6. The van der Waals surface area contributed by atoms with E-state index in [-0.39, 0.29) is 17.4 Å². The number of carbonyl (C=O) groups excluding carboxylic acids is 1. The number of hydrogen-bond acceptors (Lipinski definition) is 2. The maximum Gasteiger partial charge on any atom is 0.226 e. The molecule has 0 heterocycles. The zero-order chi connectivity index (χ0) is 14.3. The molecular weight excluding hydrogens is 306 g/mol. The maximum atomic E-state index is 12.7. The van der Waals surface area contributed by atoms with Crippen molar-refractivity contribution in [3.63, 3.8) is 0 Å². The zero-order valence-electron chi connectivity index (χ0n) is 12.5. The van der Waals surface area contributed by atoms with Crippen molar-refractivity contribution >= 4 is 21.8 Å². The molecule has 0 saturated heterocycles. The Hall–Kier alpha value is -0.0900. The van der Waals surface area contributed by atoms with E-state index in [4.69, 9.17) is 4.74 Å². The third-order valence-corrected chi connectivity index (χ3v) is 4.46. The first kappa shape index (κ1) is 17.0. The molecule has 1 N–H and O–H groups in total. The van der Waals surface area contributed by atoms with E-state index in [2.05, 4.69) is 35.1 Å². The first-order valence-electron chi connectivity index (χ1n) is 7.40. The average Bonchev–Trinajstić information content (AvgIpc) is 2.78. The van der Waals surface area contributed by atoms with Gasteiger partial charge < -0.3 is 10.1 Å². The molecule has 1 unspecified atom stereocenters. The molecule has 0 bridgehead atoms. The molecule has 1 aliphatic rings. The van der Waals surface area contributed by atoms with Crippen molar-refractivity contribution in [1.82, 2.24) is 5.32 Å². The second-order valence-corrected chi connectivity index (χ2v) is 6.98. The summed E-state index contributed by atoms with van der Waals surface area (Å²) >= 11 is 3.44.